The molecule has 0 aliphatic carbocycles. The van der Waals surface area contributed by atoms with E-state index in [4.69, 9.17) is 0 Å². The fourth-order valence-corrected chi connectivity index (χ4v) is 2.25. The van der Waals surface area contributed by atoms with Gasteiger partial charge in [-0.2, -0.15) is 0 Å². The van der Waals surface area contributed by atoms with Gasteiger partial charge < -0.3 is 4.74 Å². The van der Waals surface area contributed by atoms with Crippen LogP contribution in [0.25, 0.3) is 6.08 Å². The number of methoxy groups -OCH3 is 1. The third kappa shape index (κ3) is 3.89. The summed E-state index contributed by atoms with van der Waals surface area (Å²) < 4.78 is 5.39. The molecule has 0 fully saturated rings. The fraction of sp³-hybridized carbons (Fsp3) is 0.0588. The summed E-state index contributed by atoms with van der Waals surface area (Å²) >= 11 is 3.35. The van der Waals surface area contributed by atoms with Gasteiger partial charge in [0, 0.05) is 10.0 Å². The van der Waals surface area contributed by atoms with Crippen LogP contribution in [0.3, 0.4) is 0 Å². The zero-order valence-corrected chi connectivity index (χ0v) is 13.0. The van der Waals surface area contributed by atoms with Crippen LogP contribution >= 0.6 is 15.9 Å². The lowest BCUT2D eigenvalue weighted by molar-refractivity contribution is 0.0600. The first-order chi connectivity index (χ1) is 10.1. The van der Waals surface area contributed by atoms with E-state index < -0.39 is 0 Å². The van der Waals surface area contributed by atoms with Crippen LogP contribution in [0.4, 0.5) is 0 Å². The van der Waals surface area contributed by atoms with Crippen molar-refractivity contribution >= 4 is 33.8 Å². The molecule has 4 heteroatoms. The molecule has 0 N–H and O–H groups in total. The molecule has 0 atom stereocenters. The number of benzene rings is 2. The van der Waals surface area contributed by atoms with Crippen molar-refractivity contribution in [2.24, 2.45) is 0 Å². The predicted molar refractivity (Wildman–Crippen MR) is 85.3 cm³/mol. The Morgan fingerprint density at radius 3 is 2.33 bits per heavy atom. The van der Waals surface area contributed by atoms with Gasteiger partial charge in [0.05, 0.1) is 12.7 Å². The second-order valence-electron chi connectivity index (χ2n) is 4.29. The van der Waals surface area contributed by atoms with E-state index >= 15 is 0 Å². The van der Waals surface area contributed by atoms with Crippen LogP contribution in [0.2, 0.25) is 0 Å². The van der Waals surface area contributed by atoms with Crippen LogP contribution in [-0.2, 0) is 4.74 Å². The number of allylic oxidation sites excluding steroid dienone is 1. The number of esters is 1. The number of ketones is 1. The third-order valence-electron chi connectivity index (χ3n) is 2.90. The van der Waals surface area contributed by atoms with Gasteiger partial charge in [-0.3, -0.25) is 4.79 Å². The maximum absolute atomic E-state index is 12.1. The van der Waals surface area contributed by atoms with Gasteiger partial charge in [0.1, 0.15) is 0 Å². The van der Waals surface area contributed by atoms with E-state index in [0.717, 1.165) is 10.0 Å². The SMILES string of the molecule is COC(=O)c1ccc(C=CC(=O)c2ccccc2Br)cc1. The molecule has 106 valence electrons. The lowest BCUT2D eigenvalue weighted by Gasteiger charge is -2.00. The zero-order valence-electron chi connectivity index (χ0n) is 11.4. The highest BCUT2D eigenvalue weighted by Crippen LogP contribution is 2.17. The molecule has 0 aromatic heterocycles. The molecule has 3 nitrogen and oxygen atoms in total. The number of hydrogen-bond acceptors (Lipinski definition) is 3. The Kier molecular flexibility index (Phi) is 5.06. The molecule has 0 bridgehead atoms. The number of ether oxygens (including phenoxy) is 1. The molecule has 0 radical (unpaired) electrons. The molecule has 0 aliphatic rings. The Labute approximate surface area is 131 Å². The van der Waals surface area contributed by atoms with Gasteiger partial charge in [0.25, 0.3) is 0 Å². The second-order valence-corrected chi connectivity index (χ2v) is 5.15. The molecule has 0 amide bonds. The lowest BCUT2D eigenvalue weighted by Crippen LogP contribution is -2.00. The van der Waals surface area contributed by atoms with Crippen molar-refractivity contribution in [1.82, 2.24) is 0 Å². The Bertz CT molecular complexity index is 687. The first-order valence-corrected chi connectivity index (χ1v) is 7.06. The van der Waals surface area contributed by atoms with Crippen LogP contribution in [0, 0.1) is 0 Å². The monoisotopic (exact) mass is 344 g/mol. The van der Waals surface area contributed by atoms with E-state index in [9.17, 15) is 9.59 Å². The van der Waals surface area contributed by atoms with E-state index in [-0.39, 0.29) is 11.8 Å². The smallest absolute Gasteiger partial charge is 0.337 e. The summed E-state index contributed by atoms with van der Waals surface area (Å²) in [5.74, 6) is -0.464. The van der Waals surface area contributed by atoms with Crippen molar-refractivity contribution in [3.8, 4) is 0 Å². The summed E-state index contributed by atoms with van der Waals surface area (Å²) in [5.41, 5.74) is 1.93. The molecule has 0 aliphatic heterocycles. The summed E-state index contributed by atoms with van der Waals surface area (Å²) in [7, 11) is 1.34. The molecular formula is C17H13BrO3. The van der Waals surface area contributed by atoms with Gasteiger partial charge in [-0.05, 0) is 35.9 Å². The summed E-state index contributed by atoms with van der Waals surface area (Å²) in [6, 6.07) is 14.1. The molecular weight excluding hydrogens is 332 g/mol. The van der Waals surface area contributed by atoms with E-state index in [0.29, 0.717) is 11.1 Å². The fourth-order valence-electron chi connectivity index (χ4n) is 1.77. The van der Waals surface area contributed by atoms with Crippen LogP contribution in [-0.4, -0.2) is 18.9 Å². The average molecular weight is 345 g/mol. The zero-order chi connectivity index (χ0) is 15.2. The van der Waals surface area contributed by atoms with Gasteiger partial charge in [-0.25, -0.2) is 4.79 Å². The van der Waals surface area contributed by atoms with Crippen LogP contribution in [0.15, 0.2) is 59.1 Å². The number of carbonyl (C=O) groups excluding carboxylic acids is 2. The van der Waals surface area contributed by atoms with Gasteiger partial charge in [-0.1, -0.05) is 46.3 Å². The Hall–Kier alpha value is -2.20. The van der Waals surface area contributed by atoms with Gasteiger partial charge in [0.15, 0.2) is 5.78 Å². The predicted octanol–water partition coefficient (Wildman–Crippen LogP) is 4.13. The number of carbonyl (C=O) groups is 2. The van der Waals surface area contributed by atoms with Gasteiger partial charge >= 0.3 is 5.97 Å². The molecule has 21 heavy (non-hydrogen) atoms. The van der Waals surface area contributed by atoms with Crippen molar-refractivity contribution < 1.29 is 14.3 Å². The van der Waals surface area contributed by atoms with E-state index in [1.54, 1.807) is 36.4 Å². The minimum Gasteiger partial charge on any atom is -0.465 e. The Morgan fingerprint density at radius 1 is 1.05 bits per heavy atom. The van der Waals surface area contributed by atoms with Crippen molar-refractivity contribution in [2.45, 2.75) is 0 Å². The minimum absolute atomic E-state index is 0.0838. The molecule has 0 unspecified atom stereocenters. The highest BCUT2D eigenvalue weighted by molar-refractivity contribution is 9.10. The molecule has 0 saturated carbocycles. The quantitative estimate of drug-likeness (QED) is 0.475. The van der Waals surface area contributed by atoms with Crippen molar-refractivity contribution in [1.29, 1.82) is 0 Å². The van der Waals surface area contributed by atoms with Crippen molar-refractivity contribution in [3.05, 3.63) is 75.8 Å². The van der Waals surface area contributed by atoms with Crippen LogP contribution < -0.4 is 0 Å². The number of halogens is 1. The lowest BCUT2D eigenvalue weighted by atomic mass is 10.1. The summed E-state index contributed by atoms with van der Waals surface area (Å²) in [4.78, 5) is 23.4. The third-order valence-corrected chi connectivity index (χ3v) is 3.59. The van der Waals surface area contributed by atoms with E-state index in [1.807, 2.05) is 18.2 Å². The Morgan fingerprint density at radius 2 is 1.71 bits per heavy atom. The first-order valence-electron chi connectivity index (χ1n) is 6.27. The van der Waals surface area contributed by atoms with E-state index in [1.165, 1.54) is 13.2 Å². The van der Waals surface area contributed by atoms with Gasteiger partial charge in [0.2, 0.25) is 0 Å². The van der Waals surface area contributed by atoms with Crippen molar-refractivity contribution in [3.63, 3.8) is 0 Å². The van der Waals surface area contributed by atoms with Gasteiger partial charge in [-0.15, -0.1) is 0 Å². The molecule has 2 aromatic carbocycles. The molecule has 0 heterocycles. The van der Waals surface area contributed by atoms with Crippen molar-refractivity contribution in [2.75, 3.05) is 7.11 Å². The highest BCUT2D eigenvalue weighted by atomic mass is 79.9. The summed E-state index contributed by atoms with van der Waals surface area (Å²) in [6.07, 6.45) is 3.22. The summed E-state index contributed by atoms with van der Waals surface area (Å²) in [5, 5.41) is 0. The highest BCUT2D eigenvalue weighted by Gasteiger charge is 2.06. The number of rotatable bonds is 4. The van der Waals surface area contributed by atoms with Crippen LogP contribution in [0.5, 0.6) is 0 Å². The molecule has 0 spiro atoms. The second kappa shape index (κ2) is 6.99. The molecule has 0 saturated heterocycles. The normalized spacial score (nSPS) is 10.6. The summed E-state index contributed by atoms with van der Waals surface area (Å²) in [6.45, 7) is 0. The largest absolute Gasteiger partial charge is 0.465 e. The average Bonchev–Trinajstić information content (AvgIpc) is 2.52. The minimum atomic E-state index is -0.380. The molecule has 2 rings (SSSR count). The standard InChI is InChI=1S/C17H13BrO3/c1-21-17(20)13-9-6-12(7-10-13)8-11-16(19)14-4-2-3-5-15(14)18/h2-11H,1H3. The maximum Gasteiger partial charge on any atom is 0.337 e. The van der Waals surface area contributed by atoms with E-state index in [2.05, 4.69) is 20.7 Å². The maximum atomic E-state index is 12.1. The van der Waals surface area contributed by atoms with Crippen LogP contribution in [0.1, 0.15) is 26.3 Å². The topological polar surface area (TPSA) is 43.4 Å². The molecule has 2 aromatic rings. The number of hydrogen-bond donors (Lipinski definition) is 0. The first kappa shape index (κ1) is 15.2. The Balaban J connectivity index is 2.13.